The van der Waals surface area contributed by atoms with Crippen molar-refractivity contribution in [1.82, 2.24) is 5.32 Å². The van der Waals surface area contributed by atoms with Gasteiger partial charge in [-0.15, -0.1) is 0 Å². The number of benzene rings is 1. The van der Waals surface area contributed by atoms with E-state index in [2.05, 4.69) is 60.2 Å². The van der Waals surface area contributed by atoms with E-state index in [0.717, 1.165) is 29.1 Å². The molecule has 0 bridgehead atoms. The van der Waals surface area contributed by atoms with Crippen molar-refractivity contribution in [2.75, 3.05) is 6.54 Å². The molecule has 118 valence electrons. The molecule has 0 amide bonds. The number of halogens is 1. The van der Waals surface area contributed by atoms with Gasteiger partial charge in [-0.2, -0.15) is 0 Å². The molecule has 0 aliphatic heterocycles. The van der Waals surface area contributed by atoms with Gasteiger partial charge in [0.1, 0.15) is 5.75 Å². The Morgan fingerprint density at radius 2 is 2.19 bits per heavy atom. The molecular weight excluding hydrogens is 326 g/mol. The molecule has 1 aliphatic carbocycles. The quantitative estimate of drug-likeness (QED) is 0.732. The van der Waals surface area contributed by atoms with Crippen LogP contribution in [-0.4, -0.2) is 12.6 Å². The normalized spacial score (nSPS) is 23.8. The Balaban J connectivity index is 2.10. The summed E-state index contributed by atoms with van der Waals surface area (Å²) in [4.78, 5) is 0. The van der Waals surface area contributed by atoms with Gasteiger partial charge in [0.15, 0.2) is 0 Å². The van der Waals surface area contributed by atoms with Gasteiger partial charge in [-0.05, 0) is 57.2 Å². The van der Waals surface area contributed by atoms with Gasteiger partial charge in [0.2, 0.25) is 0 Å². The van der Waals surface area contributed by atoms with E-state index < -0.39 is 0 Å². The molecule has 21 heavy (non-hydrogen) atoms. The zero-order valence-corrected chi connectivity index (χ0v) is 15.1. The van der Waals surface area contributed by atoms with Gasteiger partial charge < -0.3 is 10.1 Å². The number of rotatable bonds is 6. The molecule has 0 saturated heterocycles. The molecular formula is C18H28BrNO. The molecule has 1 fully saturated rings. The van der Waals surface area contributed by atoms with Crippen LogP contribution in [0, 0.1) is 5.92 Å². The molecule has 2 nitrogen and oxygen atoms in total. The molecule has 0 radical (unpaired) electrons. The first-order chi connectivity index (χ1) is 10.1. The lowest BCUT2D eigenvalue weighted by Gasteiger charge is -2.29. The van der Waals surface area contributed by atoms with Crippen molar-refractivity contribution in [2.24, 2.45) is 5.92 Å². The first-order valence-electron chi connectivity index (χ1n) is 8.29. The van der Waals surface area contributed by atoms with E-state index >= 15 is 0 Å². The van der Waals surface area contributed by atoms with Crippen molar-refractivity contribution in [1.29, 1.82) is 0 Å². The minimum absolute atomic E-state index is 0.328. The molecule has 3 atom stereocenters. The molecule has 1 N–H and O–H groups in total. The molecule has 1 aromatic rings. The van der Waals surface area contributed by atoms with Crippen LogP contribution in [0.1, 0.15) is 64.5 Å². The van der Waals surface area contributed by atoms with Gasteiger partial charge in [-0.3, -0.25) is 0 Å². The number of nitrogens with one attached hydrogen (secondary N) is 1. The van der Waals surface area contributed by atoms with E-state index in [0.29, 0.717) is 12.1 Å². The largest absolute Gasteiger partial charge is 0.490 e. The van der Waals surface area contributed by atoms with Crippen LogP contribution in [0.2, 0.25) is 0 Å². The Bertz CT molecular complexity index is 449. The summed E-state index contributed by atoms with van der Waals surface area (Å²) in [6.45, 7) is 7.79. The third-order valence-corrected chi connectivity index (χ3v) is 4.82. The highest BCUT2D eigenvalue weighted by atomic mass is 79.9. The lowest BCUT2D eigenvalue weighted by Crippen LogP contribution is -2.26. The van der Waals surface area contributed by atoms with E-state index in [9.17, 15) is 0 Å². The fourth-order valence-corrected chi connectivity index (χ4v) is 3.44. The lowest BCUT2D eigenvalue weighted by molar-refractivity contribution is 0.127. The summed E-state index contributed by atoms with van der Waals surface area (Å²) < 4.78 is 7.46. The smallest absolute Gasteiger partial charge is 0.125 e. The van der Waals surface area contributed by atoms with Gasteiger partial charge in [-0.25, -0.2) is 0 Å². The summed E-state index contributed by atoms with van der Waals surface area (Å²) in [5, 5.41) is 3.56. The Morgan fingerprint density at radius 3 is 2.90 bits per heavy atom. The fraction of sp³-hybridized carbons (Fsp3) is 0.667. The molecule has 1 aliphatic rings. The molecule has 0 heterocycles. The van der Waals surface area contributed by atoms with Crippen molar-refractivity contribution < 1.29 is 4.74 Å². The van der Waals surface area contributed by atoms with Crippen molar-refractivity contribution >= 4 is 15.9 Å². The topological polar surface area (TPSA) is 21.3 Å². The highest BCUT2D eigenvalue weighted by Crippen LogP contribution is 2.33. The molecule has 1 saturated carbocycles. The zero-order chi connectivity index (χ0) is 15.2. The monoisotopic (exact) mass is 353 g/mol. The maximum atomic E-state index is 6.37. The molecule has 0 aromatic heterocycles. The van der Waals surface area contributed by atoms with Crippen molar-refractivity contribution in [3.63, 3.8) is 0 Å². The number of hydrogen-bond donors (Lipinski definition) is 1. The van der Waals surface area contributed by atoms with Gasteiger partial charge in [0.05, 0.1) is 6.10 Å². The first kappa shape index (κ1) is 16.8. The van der Waals surface area contributed by atoms with Crippen LogP contribution in [0.3, 0.4) is 0 Å². The average Bonchev–Trinajstić information content (AvgIpc) is 2.45. The van der Waals surface area contributed by atoms with Crippen LogP contribution in [0.5, 0.6) is 5.75 Å². The molecule has 3 unspecified atom stereocenters. The Hall–Kier alpha value is -0.540. The van der Waals surface area contributed by atoms with Gasteiger partial charge in [0.25, 0.3) is 0 Å². The van der Waals surface area contributed by atoms with Crippen LogP contribution in [0.4, 0.5) is 0 Å². The maximum absolute atomic E-state index is 6.37. The zero-order valence-electron chi connectivity index (χ0n) is 13.5. The Labute approximate surface area is 137 Å². The van der Waals surface area contributed by atoms with Crippen LogP contribution >= 0.6 is 15.9 Å². The van der Waals surface area contributed by atoms with Crippen LogP contribution < -0.4 is 10.1 Å². The van der Waals surface area contributed by atoms with Gasteiger partial charge in [0, 0.05) is 16.1 Å². The summed E-state index contributed by atoms with van der Waals surface area (Å²) in [6, 6.07) is 6.74. The second-order valence-electron chi connectivity index (χ2n) is 6.37. The SMILES string of the molecule is CCCNC(C)c1ccc(Br)cc1OC1CCCC(C)C1. The second-order valence-corrected chi connectivity index (χ2v) is 7.29. The lowest BCUT2D eigenvalue weighted by atomic mass is 9.88. The highest BCUT2D eigenvalue weighted by Gasteiger charge is 2.22. The molecule has 3 heteroatoms. The third-order valence-electron chi connectivity index (χ3n) is 4.32. The standard InChI is InChI=1S/C18H28BrNO/c1-4-10-20-14(3)17-9-8-15(19)12-18(17)21-16-7-5-6-13(2)11-16/h8-9,12-14,16,20H,4-7,10-11H2,1-3H3. The second kappa shape index (κ2) is 8.19. The van der Waals surface area contributed by atoms with Crippen LogP contribution in [-0.2, 0) is 0 Å². The van der Waals surface area contributed by atoms with E-state index in [1.165, 1.54) is 31.2 Å². The van der Waals surface area contributed by atoms with Crippen LogP contribution in [0.25, 0.3) is 0 Å². The Kier molecular flexibility index (Phi) is 6.56. The van der Waals surface area contributed by atoms with Crippen molar-refractivity contribution in [3.8, 4) is 5.75 Å². The Morgan fingerprint density at radius 1 is 1.38 bits per heavy atom. The summed E-state index contributed by atoms with van der Waals surface area (Å²) in [6.07, 6.45) is 6.53. The van der Waals surface area contributed by atoms with Crippen molar-refractivity contribution in [3.05, 3.63) is 28.2 Å². The molecule has 2 rings (SSSR count). The summed E-state index contributed by atoms with van der Waals surface area (Å²) in [7, 11) is 0. The molecule has 0 spiro atoms. The van der Waals surface area contributed by atoms with Gasteiger partial charge in [-0.1, -0.05) is 42.3 Å². The predicted molar refractivity (Wildman–Crippen MR) is 92.9 cm³/mol. The van der Waals surface area contributed by atoms with Crippen molar-refractivity contribution in [2.45, 2.75) is 65.0 Å². The number of ether oxygens (including phenoxy) is 1. The third kappa shape index (κ3) is 5.00. The van der Waals surface area contributed by atoms with Crippen LogP contribution in [0.15, 0.2) is 22.7 Å². The van der Waals surface area contributed by atoms with Gasteiger partial charge >= 0.3 is 0 Å². The minimum Gasteiger partial charge on any atom is -0.490 e. The molecule has 1 aromatic carbocycles. The average molecular weight is 354 g/mol. The minimum atomic E-state index is 0.328. The van der Waals surface area contributed by atoms with E-state index in [1.54, 1.807) is 0 Å². The van der Waals surface area contributed by atoms with E-state index in [4.69, 9.17) is 4.74 Å². The number of hydrogen-bond acceptors (Lipinski definition) is 2. The van der Waals surface area contributed by atoms with E-state index in [-0.39, 0.29) is 0 Å². The highest BCUT2D eigenvalue weighted by molar-refractivity contribution is 9.10. The first-order valence-corrected chi connectivity index (χ1v) is 9.09. The summed E-state index contributed by atoms with van der Waals surface area (Å²) in [5.41, 5.74) is 1.27. The summed E-state index contributed by atoms with van der Waals surface area (Å²) >= 11 is 3.57. The maximum Gasteiger partial charge on any atom is 0.125 e. The summed E-state index contributed by atoms with van der Waals surface area (Å²) in [5.74, 6) is 1.83. The fourth-order valence-electron chi connectivity index (χ4n) is 3.10. The van der Waals surface area contributed by atoms with E-state index in [1.807, 2.05) is 0 Å². The predicted octanol–water partition coefficient (Wildman–Crippen LogP) is 5.47.